The molecule has 1 aromatic carbocycles. The molecule has 1 fully saturated rings. The predicted octanol–water partition coefficient (Wildman–Crippen LogP) is 3.87. The van der Waals surface area contributed by atoms with Crippen molar-refractivity contribution in [3.63, 3.8) is 0 Å². The van der Waals surface area contributed by atoms with E-state index in [-0.39, 0.29) is 11.1 Å². The van der Waals surface area contributed by atoms with Gasteiger partial charge in [-0.05, 0) is 52.7 Å². The van der Waals surface area contributed by atoms with Gasteiger partial charge in [-0.2, -0.15) is 0 Å². The highest BCUT2D eigenvalue weighted by atomic mass is 16.5. The Hall–Kier alpha value is -2.14. The molecule has 0 unspecified atom stereocenters. The van der Waals surface area contributed by atoms with Gasteiger partial charge in [-0.15, -0.1) is 0 Å². The topological polar surface area (TPSA) is 59.1 Å². The number of anilines is 1. The molecule has 5 nitrogen and oxygen atoms in total. The maximum absolute atomic E-state index is 5.46. The summed E-state index contributed by atoms with van der Waals surface area (Å²) in [6.07, 6.45) is 3.70. The number of ether oxygens (including phenoxy) is 1. The molecule has 3 rings (SSSR count). The third-order valence-electron chi connectivity index (χ3n) is 4.59. The van der Waals surface area contributed by atoms with Crippen LogP contribution in [0.1, 0.15) is 40.5 Å². The minimum atomic E-state index is 0.0952. The van der Waals surface area contributed by atoms with Crippen LogP contribution in [0.15, 0.2) is 36.7 Å². The van der Waals surface area contributed by atoms with Crippen molar-refractivity contribution >= 4 is 5.82 Å². The van der Waals surface area contributed by atoms with E-state index in [1.54, 1.807) is 13.4 Å². The van der Waals surface area contributed by atoms with Crippen molar-refractivity contribution in [3.8, 4) is 17.0 Å². The van der Waals surface area contributed by atoms with Gasteiger partial charge >= 0.3 is 0 Å². The van der Waals surface area contributed by atoms with E-state index in [1.807, 2.05) is 30.3 Å². The molecule has 0 atom stereocenters. The minimum absolute atomic E-state index is 0.0952. The molecule has 1 aromatic heterocycles. The first-order chi connectivity index (χ1) is 11.8. The first kappa shape index (κ1) is 17.7. The highest BCUT2D eigenvalue weighted by Gasteiger charge is 2.37. The number of nitrogens with one attached hydrogen (secondary N) is 2. The Kier molecular flexibility index (Phi) is 4.69. The number of para-hydroxylation sites is 1. The fraction of sp³-hybridized carbons (Fsp3) is 0.500. The van der Waals surface area contributed by atoms with Gasteiger partial charge in [0.25, 0.3) is 0 Å². The molecule has 0 radical (unpaired) electrons. The normalized spacial score (nSPS) is 19.4. The molecule has 0 saturated carbocycles. The second-order valence-corrected chi connectivity index (χ2v) is 8.13. The highest BCUT2D eigenvalue weighted by Crippen LogP contribution is 2.32. The second-order valence-electron chi connectivity index (χ2n) is 8.13. The maximum Gasteiger partial charge on any atom is 0.130 e. The van der Waals surface area contributed by atoms with Gasteiger partial charge < -0.3 is 15.4 Å². The minimum Gasteiger partial charge on any atom is -0.496 e. The third-order valence-corrected chi connectivity index (χ3v) is 4.59. The van der Waals surface area contributed by atoms with E-state index < -0.39 is 0 Å². The predicted molar refractivity (Wildman–Crippen MR) is 102 cm³/mol. The molecule has 1 saturated heterocycles. The average Bonchev–Trinajstić information content (AvgIpc) is 2.52. The zero-order chi connectivity index (χ0) is 18.1. The molecule has 1 aliphatic rings. The molecular formula is C20H28N4O. The van der Waals surface area contributed by atoms with Crippen LogP contribution in [0.3, 0.4) is 0 Å². The molecule has 1 aliphatic heterocycles. The lowest BCUT2D eigenvalue weighted by atomic mass is 9.79. The first-order valence-corrected chi connectivity index (χ1v) is 8.79. The monoisotopic (exact) mass is 340 g/mol. The largest absolute Gasteiger partial charge is 0.496 e. The lowest BCUT2D eigenvalue weighted by Gasteiger charge is -2.46. The summed E-state index contributed by atoms with van der Waals surface area (Å²) >= 11 is 0. The van der Waals surface area contributed by atoms with E-state index in [0.717, 1.165) is 35.7 Å². The number of piperidine rings is 1. The maximum atomic E-state index is 5.46. The molecule has 0 spiro atoms. The van der Waals surface area contributed by atoms with Crippen LogP contribution in [0.2, 0.25) is 0 Å². The number of hydrogen-bond acceptors (Lipinski definition) is 5. The van der Waals surface area contributed by atoms with Crippen LogP contribution in [0.5, 0.6) is 5.75 Å². The van der Waals surface area contributed by atoms with E-state index in [0.29, 0.717) is 6.04 Å². The number of methoxy groups -OCH3 is 1. The zero-order valence-electron chi connectivity index (χ0n) is 15.8. The van der Waals surface area contributed by atoms with E-state index in [1.165, 1.54) is 0 Å². The summed E-state index contributed by atoms with van der Waals surface area (Å²) in [5.41, 5.74) is 2.03. The molecule has 0 bridgehead atoms. The molecule has 25 heavy (non-hydrogen) atoms. The van der Waals surface area contributed by atoms with Gasteiger partial charge in [0.1, 0.15) is 17.9 Å². The van der Waals surface area contributed by atoms with E-state index >= 15 is 0 Å². The van der Waals surface area contributed by atoms with Gasteiger partial charge in [-0.1, -0.05) is 12.1 Å². The van der Waals surface area contributed by atoms with Crippen molar-refractivity contribution in [1.29, 1.82) is 0 Å². The summed E-state index contributed by atoms with van der Waals surface area (Å²) in [4.78, 5) is 8.85. The molecule has 0 amide bonds. The Morgan fingerprint density at radius 2 is 1.76 bits per heavy atom. The fourth-order valence-corrected chi connectivity index (χ4v) is 4.07. The molecule has 2 N–H and O–H groups in total. The lowest BCUT2D eigenvalue weighted by molar-refractivity contribution is 0.170. The van der Waals surface area contributed by atoms with Crippen LogP contribution < -0.4 is 15.4 Å². The molecule has 2 aromatic rings. The van der Waals surface area contributed by atoms with Gasteiger partial charge in [-0.3, -0.25) is 0 Å². The molecule has 134 valence electrons. The van der Waals surface area contributed by atoms with E-state index in [2.05, 4.69) is 48.3 Å². The van der Waals surface area contributed by atoms with Crippen molar-refractivity contribution in [2.45, 2.75) is 57.7 Å². The van der Waals surface area contributed by atoms with Crippen molar-refractivity contribution in [3.05, 3.63) is 36.7 Å². The zero-order valence-corrected chi connectivity index (χ0v) is 15.8. The fourth-order valence-electron chi connectivity index (χ4n) is 4.07. The molecule has 2 heterocycles. The summed E-state index contributed by atoms with van der Waals surface area (Å²) in [5.74, 6) is 1.67. The quantitative estimate of drug-likeness (QED) is 0.885. The van der Waals surface area contributed by atoms with Gasteiger partial charge in [0.2, 0.25) is 0 Å². The Labute approximate surface area is 150 Å². The van der Waals surface area contributed by atoms with Crippen molar-refractivity contribution in [1.82, 2.24) is 15.3 Å². The number of rotatable bonds is 4. The average molecular weight is 340 g/mol. The van der Waals surface area contributed by atoms with Crippen LogP contribution in [-0.4, -0.2) is 34.2 Å². The summed E-state index contributed by atoms with van der Waals surface area (Å²) in [5, 5.41) is 7.32. The summed E-state index contributed by atoms with van der Waals surface area (Å²) in [7, 11) is 1.68. The standard InChI is InChI=1S/C20H28N4O/c1-19(2)11-14(12-20(3,4)24-19)23-18-10-16(21-13-22-18)15-8-6-7-9-17(15)25-5/h6-10,13-14,24H,11-12H2,1-5H3,(H,21,22,23). The highest BCUT2D eigenvalue weighted by molar-refractivity contribution is 5.68. The van der Waals surface area contributed by atoms with E-state index in [9.17, 15) is 0 Å². The van der Waals surface area contributed by atoms with Crippen LogP contribution >= 0.6 is 0 Å². The molecular weight excluding hydrogens is 312 g/mol. The molecule has 0 aliphatic carbocycles. The number of aromatic nitrogens is 2. The van der Waals surface area contributed by atoms with Gasteiger partial charge in [-0.25, -0.2) is 9.97 Å². The SMILES string of the molecule is COc1ccccc1-c1cc(NC2CC(C)(C)NC(C)(C)C2)ncn1. The van der Waals surface area contributed by atoms with Gasteiger partial charge in [0.05, 0.1) is 12.8 Å². The van der Waals surface area contributed by atoms with Crippen LogP contribution in [0.25, 0.3) is 11.3 Å². The van der Waals surface area contributed by atoms with Crippen LogP contribution in [-0.2, 0) is 0 Å². The van der Waals surface area contributed by atoms with Crippen LogP contribution in [0, 0.1) is 0 Å². The summed E-state index contributed by atoms with van der Waals surface area (Å²) in [6.45, 7) is 9.01. The Morgan fingerprint density at radius 1 is 1.08 bits per heavy atom. The van der Waals surface area contributed by atoms with Crippen molar-refractivity contribution < 1.29 is 4.74 Å². The summed E-state index contributed by atoms with van der Waals surface area (Å²) < 4.78 is 5.46. The van der Waals surface area contributed by atoms with Gasteiger partial charge in [0, 0.05) is 28.7 Å². The first-order valence-electron chi connectivity index (χ1n) is 8.79. The second kappa shape index (κ2) is 6.64. The van der Waals surface area contributed by atoms with Gasteiger partial charge in [0.15, 0.2) is 0 Å². The Balaban J connectivity index is 1.83. The van der Waals surface area contributed by atoms with Crippen LogP contribution in [0.4, 0.5) is 5.82 Å². The number of nitrogens with zero attached hydrogens (tertiary/aromatic N) is 2. The van der Waals surface area contributed by atoms with E-state index in [4.69, 9.17) is 4.74 Å². The smallest absolute Gasteiger partial charge is 0.130 e. The van der Waals surface area contributed by atoms with Crippen molar-refractivity contribution in [2.75, 3.05) is 12.4 Å². The molecule has 5 heteroatoms. The lowest BCUT2D eigenvalue weighted by Crippen LogP contribution is -2.60. The number of benzene rings is 1. The van der Waals surface area contributed by atoms with Crippen molar-refractivity contribution in [2.24, 2.45) is 0 Å². The Bertz CT molecular complexity index is 726. The summed E-state index contributed by atoms with van der Waals surface area (Å²) in [6, 6.07) is 10.3. The number of hydrogen-bond donors (Lipinski definition) is 2. The third kappa shape index (κ3) is 4.28. The Morgan fingerprint density at radius 3 is 2.44 bits per heavy atom.